The van der Waals surface area contributed by atoms with Crippen LogP contribution in [0, 0.1) is 0 Å². The Hall–Kier alpha value is -7.19. The Labute approximate surface area is 344 Å². The summed E-state index contributed by atoms with van der Waals surface area (Å²) in [6, 6.07) is 72.1. The second-order valence-corrected chi connectivity index (χ2v) is 17.9. The molecule has 1 aromatic heterocycles. The van der Waals surface area contributed by atoms with Crippen LogP contribution >= 0.6 is 7.14 Å². The molecule has 3 heterocycles. The summed E-state index contributed by atoms with van der Waals surface area (Å²) < 4.78 is 19.3. The van der Waals surface area contributed by atoms with Crippen molar-refractivity contribution in [2.75, 3.05) is 4.90 Å². The number of benzene rings is 8. The van der Waals surface area contributed by atoms with Crippen LogP contribution in [0.25, 0.3) is 38.6 Å². The van der Waals surface area contributed by atoms with Crippen molar-refractivity contribution < 1.29 is 4.57 Å². The van der Waals surface area contributed by atoms with E-state index in [2.05, 4.69) is 186 Å². The summed E-state index contributed by atoms with van der Waals surface area (Å²) in [7, 11) is -3.53. The third-order valence-corrected chi connectivity index (χ3v) is 15.5. The number of nitrogens with zero attached hydrogens (tertiary/aromatic N) is 2. The molecular weight excluding hydrogens is 736 g/mol. The highest BCUT2D eigenvalue weighted by molar-refractivity contribution is 7.82. The molecule has 0 N–H and O–H groups in total. The summed E-state index contributed by atoms with van der Waals surface area (Å²) in [5, 5.41) is 4.78. The molecule has 4 heteroatoms. The van der Waals surface area contributed by atoms with E-state index in [1.165, 1.54) is 16.3 Å². The summed E-state index contributed by atoms with van der Waals surface area (Å²) in [6.07, 6.45) is 6.21. The van der Waals surface area contributed by atoms with Crippen molar-refractivity contribution in [2.24, 2.45) is 0 Å². The lowest BCUT2D eigenvalue weighted by molar-refractivity contribution is 0.588. The van der Waals surface area contributed by atoms with Gasteiger partial charge >= 0.3 is 0 Å². The van der Waals surface area contributed by atoms with E-state index >= 15 is 4.57 Å². The Balaban J connectivity index is 1.24. The van der Waals surface area contributed by atoms with Crippen LogP contribution in [0.15, 0.2) is 242 Å². The van der Waals surface area contributed by atoms with Gasteiger partial charge in [-0.2, -0.15) is 0 Å². The van der Waals surface area contributed by atoms with Gasteiger partial charge in [-0.1, -0.05) is 183 Å². The topological polar surface area (TPSA) is 25.2 Å². The lowest BCUT2D eigenvalue weighted by Crippen LogP contribution is -2.43. The van der Waals surface area contributed by atoms with Gasteiger partial charge in [-0.25, -0.2) is 0 Å². The maximum absolute atomic E-state index is 16.8. The van der Waals surface area contributed by atoms with Crippen molar-refractivity contribution in [1.82, 2.24) is 4.57 Å². The van der Waals surface area contributed by atoms with Crippen molar-refractivity contribution in [3.05, 3.63) is 259 Å². The molecule has 3 nitrogen and oxygen atoms in total. The summed E-state index contributed by atoms with van der Waals surface area (Å²) in [5.41, 5.74) is 11.1. The fourth-order valence-electron chi connectivity index (χ4n) is 9.85. The van der Waals surface area contributed by atoms with E-state index in [9.17, 15) is 0 Å². The Morgan fingerprint density at radius 2 is 1.10 bits per heavy atom. The van der Waals surface area contributed by atoms with E-state index in [-0.39, 0.29) is 0 Å². The van der Waals surface area contributed by atoms with Gasteiger partial charge in [0.05, 0.1) is 22.1 Å². The standard InChI is InChI=1S/C55H39N2OP/c1-2-46-53(37-38-56(41-21-8-4-9-22-41)42-35-33-40(34-36-42)39-19-6-3-7-20-39)59(58,43-23-10-5-11-24-43)52-32-17-14-28-48(52)55(46)47-27-13-16-31-51(47)57-50-30-15-12-25-44(50)45-26-18-29-49(55)54(45)57/h2-38H,1H2/b38-37-. The monoisotopic (exact) mass is 774 g/mol. The Morgan fingerprint density at radius 1 is 0.525 bits per heavy atom. The number of anilines is 2. The van der Waals surface area contributed by atoms with E-state index in [4.69, 9.17) is 0 Å². The Bertz CT molecular complexity index is 3200. The number of fused-ring (bicyclic) bond motifs is 9. The summed E-state index contributed by atoms with van der Waals surface area (Å²) >= 11 is 0. The van der Waals surface area contributed by atoms with Crippen molar-refractivity contribution in [3.8, 4) is 16.8 Å². The molecule has 11 rings (SSSR count). The Kier molecular flexibility index (Phi) is 8.15. The molecule has 1 spiro atoms. The number of rotatable bonds is 7. The molecule has 9 aromatic rings. The number of hydrogen-bond acceptors (Lipinski definition) is 2. The highest BCUT2D eigenvalue weighted by atomic mass is 31.2. The normalized spacial score (nSPS) is 18.0. The van der Waals surface area contributed by atoms with Crippen LogP contribution in [0.1, 0.15) is 16.7 Å². The predicted molar refractivity (Wildman–Crippen MR) is 247 cm³/mol. The van der Waals surface area contributed by atoms with Crippen molar-refractivity contribution in [3.63, 3.8) is 0 Å². The predicted octanol–water partition coefficient (Wildman–Crippen LogP) is 13.2. The van der Waals surface area contributed by atoms with Gasteiger partial charge in [0.2, 0.25) is 0 Å². The van der Waals surface area contributed by atoms with Crippen LogP contribution in [0.5, 0.6) is 0 Å². The largest absolute Gasteiger partial charge is 0.317 e. The molecule has 0 amide bonds. The quantitative estimate of drug-likeness (QED) is 0.151. The summed E-state index contributed by atoms with van der Waals surface area (Å²) in [6.45, 7) is 4.60. The SMILES string of the molecule is C=CC1=C(/C=C\N(c2ccccc2)c2ccc(-c3ccccc3)cc2)P(=O)(c2ccccc2)c2ccccc2C12c1ccccc1-n1c3ccccc3c3cccc2c31. The van der Waals surface area contributed by atoms with Gasteiger partial charge in [-0.15, -0.1) is 0 Å². The van der Waals surface area contributed by atoms with Gasteiger partial charge in [0.25, 0.3) is 0 Å². The second-order valence-electron chi connectivity index (χ2n) is 15.2. The fourth-order valence-corrected chi connectivity index (χ4v) is 13.0. The molecule has 2 aliphatic heterocycles. The van der Waals surface area contributed by atoms with Crippen LogP contribution in [-0.4, -0.2) is 4.57 Å². The maximum atomic E-state index is 16.8. The van der Waals surface area contributed by atoms with E-state index in [0.29, 0.717) is 0 Å². The Morgan fingerprint density at radius 3 is 1.86 bits per heavy atom. The molecule has 0 bridgehead atoms. The zero-order valence-corrected chi connectivity index (χ0v) is 33.2. The molecule has 2 atom stereocenters. The highest BCUT2D eigenvalue weighted by Crippen LogP contribution is 2.66. The van der Waals surface area contributed by atoms with Crippen LogP contribution < -0.4 is 15.5 Å². The van der Waals surface area contributed by atoms with Crippen molar-refractivity contribution in [1.29, 1.82) is 0 Å². The van der Waals surface area contributed by atoms with Gasteiger partial charge in [-0.3, -0.25) is 0 Å². The third-order valence-electron chi connectivity index (χ3n) is 12.3. The molecule has 0 aliphatic carbocycles. The van der Waals surface area contributed by atoms with E-state index in [1.54, 1.807) is 0 Å². The zero-order valence-electron chi connectivity index (χ0n) is 32.3. The minimum absolute atomic E-state index is 0.760. The van der Waals surface area contributed by atoms with Crippen LogP contribution in [-0.2, 0) is 9.98 Å². The van der Waals surface area contributed by atoms with E-state index < -0.39 is 12.6 Å². The van der Waals surface area contributed by atoms with Gasteiger partial charge < -0.3 is 14.0 Å². The number of aromatic nitrogens is 1. The second kappa shape index (κ2) is 13.7. The van der Waals surface area contributed by atoms with Gasteiger partial charge in [0.15, 0.2) is 7.14 Å². The van der Waals surface area contributed by atoms with Crippen molar-refractivity contribution in [2.45, 2.75) is 5.41 Å². The summed E-state index contributed by atoms with van der Waals surface area (Å²) in [4.78, 5) is 2.19. The first kappa shape index (κ1) is 35.0. The van der Waals surface area contributed by atoms with Gasteiger partial charge in [0, 0.05) is 44.3 Å². The first-order valence-electron chi connectivity index (χ1n) is 20.1. The molecule has 2 aliphatic rings. The minimum Gasteiger partial charge on any atom is -0.317 e. The van der Waals surface area contributed by atoms with Crippen LogP contribution in [0.4, 0.5) is 11.4 Å². The molecule has 280 valence electrons. The molecule has 59 heavy (non-hydrogen) atoms. The number of allylic oxidation sites excluding steroid dienone is 4. The number of para-hydroxylation sites is 4. The third kappa shape index (κ3) is 5.05. The zero-order chi connectivity index (χ0) is 39.6. The average molecular weight is 775 g/mol. The first-order valence-corrected chi connectivity index (χ1v) is 21.8. The maximum Gasteiger partial charge on any atom is 0.171 e. The van der Waals surface area contributed by atoms with Gasteiger partial charge in [0.1, 0.15) is 0 Å². The summed E-state index contributed by atoms with van der Waals surface area (Å²) in [5.74, 6) is 0. The molecule has 0 radical (unpaired) electrons. The van der Waals surface area contributed by atoms with E-state index in [0.717, 1.165) is 71.8 Å². The van der Waals surface area contributed by atoms with E-state index in [1.807, 2.05) is 54.6 Å². The van der Waals surface area contributed by atoms with Crippen LogP contribution in [0.3, 0.4) is 0 Å². The van der Waals surface area contributed by atoms with Crippen LogP contribution in [0.2, 0.25) is 0 Å². The fraction of sp³-hybridized carbons (Fsp3) is 0.0182. The average Bonchev–Trinajstić information content (AvgIpc) is 3.65. The van der Waals surface area contributed by atoms with Crippen molar-refractivity contribution >= 4 is 50.9 Å². The smallest absolute Gasteiger partial charge is 0.171 e. The number of hydrogen-bond donors (Lipinski definition) is 0. The van der Waals surface area contributed by atoms with Gasteiger partial charge in [-0.05, 0) is 75.9 Å². The molecule has 0 fully saturated rings. The lowest BCUT2D eigenvalue weighted by Gasteiger charge is -2.47. The molecule has 8 aromatic carbocycles. The first-order chi connectivity index (χ1) is 29.1. The lowest BCUT2D eigenvalue weighted by atomic mass is 9.62. The molecule has 0 saturated heterocycles. The molecule has 0 saturated carbocycles. The minimum atomic E-state index is -3.53. The molecular formula is C55H39N2OP. The highest BCUT2D eigenvalue weighted by Gasteiger charge is 2.54. The molecule has 2 unspecified atom stereocenters.